The van der Waals surface area contributed by atoms with E-state index in [-0.39, 0.29) is 36.3 Å². The molecule has 2 fully saturated rings. The number of benzene rings is 1. The highest BCUT2D eigenvalue weighted by molar-refractivity contribution is 7.81. The summed E-state index contributed by atoms with van der Waals surface area (Å²) in [7, 11) is -1.03. The Morgan fingerprint density at radius 3 is 2.72 bits per heavy atom. The SMILES string of the molecule is CS(=O)N1CC(c2noc([C@@H]3CCCN3C(=O)CC(N)Cc3cc(F)c(F)cc3F)n2)C1. The lowest BCUT2D eigenvalue weighted by Gasteiger charge is -2.34. The molecular formula is C20H24F3N5O3S. The van der Waals surface area contributed by atoms with Crippen LogP contribution in [0.3, 0.4) is 0 Å². The molecule has 32 heavy (non-hydrogen) atoms. The number of hydrogen-bond donors (Lipinski definition) is 1. The zero-order chi connectivity index (χ0) is 23.0. The van der Waals surface area contributed by atoms with Crippen LogP contribution in [0.4, 0.5) is 13.2 Å². The maximum Gasteiger partial charge on any atom is 0.249 e. The first-order chi connectivity index (χ1) is 15.2. The summed E-state index contributed by atoms with van der Waals surface area (Å²) in [5.41, 5.74) is 5.93. The first-order valence-electron chi connectivity index (χ1n) is 10.3. The zero-order valence-electron chi connectivity index (χ0n) is 17.5. The summed E-state index contributed by atoms with van der Waals surface area (Å²) in [5.74, 6) is -2.65. The van der Waals surface area contributed by atoms with E-state index in [4.69, 9.17) is 10.3 Å². The Kier molecular flexibility index (Phi) is 6.63. The van der Waals surface area contributed by atoms with Crippen molar-refractivity contribution in [1.29, 1.82) is 0 Å². The van der Waals surface area contributed by atoms with Crippen LogP contribution < -0.4 is 5.73 Å². The lowest BCUT2D eigenvalue weighted by Crippen LogP contribution is -2.45. The van der Waals surface area contributed by atoms with Crippen LogP contribution in [0.1, 0.15) is 48.5 Å². The van der Waals surface area contributed by atoms with Crippen molar-refractivity contribution in [2.45, 2.75) is 43.7 Å². The molecule has 0 radical (unpaired) electrons. The summed E-state index contributed by atoms with van der Waals surface area (Å²) < 4.78 is 59.1. The van der Waals surface area contributed by atoms with Gasteiger partial charge in [0.25, 0.3) is 0 Å². The minimum absolute atomic E-state index is 0.0429. The number of carbonyl (C=O) groups excluding carboxylic acids is 1. The van der Waals surface area contributed by atoms with Crippen LogP contribution >= 0.6 is 0 Å². The van der Waals surface area contributed by atoms with Gasteiger partial charge in [-0.3, -0.25) is 4.79 Å². The Bertz CT molecular complexity index is 1030. The van der Waals surface area contributed by atoms with E-state index in [2.05, 4.69) is 10.1 Å². The van der Waals surface area contributed by atoms with Gasteiger partial charge in [0.1, 0.15) is 11.9 Å². The normalized spacial score (nSPS) is 21.5. The predicted octanol–water partition coefficient (Wildman–Crippen LogP) is 1.80. The molecule has 3 heterocycles. The molecular weight excluding hydrogens is 447 g/mol. The molecule has 0 aliphatic carbocycles. The molecule has 0 bridgehead atoms. The van der Waals surface area contributed by atoms with Gasteiger partial charge < -0.3 is 15.2 Å². The second-order valence-corrected chi connectivity index (χ2v) is 9.59. The molecule has 1 aromatic heterocycles. The van der Waals surface area contributed by atoms with Crippen molar-refractivity contribution in [2.24, 2.45) is 5.73 Å². The number of nitrogens with two attached hydrogens (primary N) is 1. The van der Waals surface area contributed by atoms with E-state index in [0.29, 0.717) is 43.8 Å². The average Bonchev–Trinajstić information content (AvgIpc) is 3.34. The highest BCUT2D eigenvalue weighted by Crippen LogP contribution is 2.33. The fourth-order valence-electron chi connectivity index (χ4n) is 4.10. The monoisotopic (exact) mass is 471 g/mol. The van der Waals surface area contributed by atoms with Gasteiger partial charge >= 0.3 is 0 Å². The maximum atomic E-state index is 13.9. The summed E-state index contributed by atoms with van der Waals surface area (Å²) in [6.45, 7) is 1.68. The van der Waals surface area contributed by atoms with E-state index in [9.17, 15) is 22.2 Å². The van der Waals surface area contributed by atoms with Crippen molar-refractivity contribution in [2.75, 3.05) is 25.9 Å². The Balaban J connectivity index is 1.37. The van der Waals surface area contributed by atoms with E-state index < -0.39 is 34.5 Å². The smallest absolute Gasteiger partial charge is 0.249 e. The van der Waals surface area contributed by atoms with E-state index in [0.717, 1.165) is 12.5 Å². The molecule has 2 aliphatic heterocycles. The molecule has 2 aliphatic rings. The van der Waals surface area contributed by atoms with Gasteiger partial charge in [-0.05, 0) is 30.9 Å². The van der Waals surface area contributed by atoms with Gasteiger partial charge in [-0.25, -0.2) is 21.7 Å². The van der Waals surface area contributed by atoms with Crippen molar-refractivity contribution >= 4 is 16.9 Å². The fraction of sp³-hybridized carbons (Fsp3) is 0.550. The number of rotatable bonds is 7. The number of hydrogen-bond acceptors (Lipinski definition) is 6. The molecule has 174 valence electrons. The number of aromatic nitrogens is 2. The van der Waals surface area contributed by atoms with Crippen LogP contribution in [0.25, 0.3) is 0 Å². The molecule has 2 unspecified atom stereocenters. The van der Waals surface area contributed by atoms with E-state index >= 15 is 0 Å². The third kappa shape index (κ3) is 4.71. The van der Waals surface area contributed by atoms with Crippen molar-refractivity contribution in [1.82, 2.24) is 19.3 Å². The highest BCUT2D eigenvalue weighted by Gasteiger charge is 2.38. The van der Waals surface area contributed by atoms with Gasteiger partial charge in [0.2, 0.25) is 11.8 Å². The summed E-state index contributed by atoms with van der Waals surface area (Å²) in [6, 6.07) is 0.107. The second-order valence-electron chi connectivity index (χ2n) is 8.23. The Hall–Kier alpha value is -2.31. The third-order valence-electron chi connectivity index (χ3n) is 5.90. The molecule has 1 amide bonds. The second kappa shape index (κ2) is 9.28. The highest BCUT2D eigenvalue weighted by atomic mass is 32.2. The quantitative estimate of drug-likeness (QED) is 0.618. The maximum absolute atomic E-state index is 13.9. The van der Waals surface area contributed by atoms with Gasteiger partial charge in [0, 0.05) is 44.4 Å². The first-order valence-corrected chi connectivity index (χ1v) is 11.8. The molecule has 4 rings (SSSR count). The molecule has 1 aromatic carbocycles. The minimum atomic E-state index is -1.27. The lowest BCUT2D eigenvalue weighted by atomic mass is 10.0. The molecule has 8 nitrogen and oxygen atoms in total. The van der Waals surface area contributed by atoms with Crippen LogP contribution in [0.15, 0.2) is 16.7 Å². The standard InChI is InChI=1S/C20H24F3N5O3S/c1-32(30)27-9-12(10-27)19-25-20(31-26-19)17-3-2-4-28(17)18(29)7-13(24)5-11-6-15(22)16(23)8-14(11)21/h6,8,12-13,17H,2-5,7,9-10,24H2,1H3/t13?,17-,32?/m0/s1. The van der Waals surface area contributed by atoms with Crippen LogP contribution in [0, 0.1) is 17.5 Å². The zero-order valence-corrected chi connectivity index (χ0v) is 18.3. The largest absolute Gasteiger partial charge is 0.337 e. The number of halogens is 3. The number of amides is 1. The average molecular weight is 472 g/mol. The van der Waals surface area contributed by atoms with Crippen molar-refractivity contribution < 1.29 is 26.7 Å². The van der Waals surface area contributed by atoms with Gasteiger partial charge in [-0.1, -0.05) is 5.16 Å². The molecule has 2 saturated heterocycles. The van der Waals surface area contributed by atoms with Crippen molar-refractivity contribution in [3.05, 3.63) is 46.9 Å². The molecule has 2 aromatic rings. The molecule has 2 N–H and O–H groups in total. The molecule has 0 saturated carbocycles. The summed E-state index contributed by atoms with van der Waals surface area (Å²) in [5, 5.41) is 4.03. The summed E-state index contributed by atoms with van der Waals surface area (Å²) in [6.07, 6.45) is 2.85. The van der Waals surface area contributed by atoms with Crippen LogP contribution in [0.5, 0.6) is 0 Å². The number of nitrogens with zero attached hydrogens (tertiary/aromatic N) is 4. The van der Waals surface area contributed by atoms with Crippen LogP contribution in [0.2, 0.25) is 0 Å². The minimum Gasteiger partial charge on any atom is -0.337 e. The van der Waals surface area contributed by atoms with Gasteiger partial charge in [-0.2, -0.15) is 4.98 Å². The Morgan fingerprint density at radius 2 is 2.00 bits per heavy atom. The fourth-order valence-corrected chi connectivity index (χ4v) is 4.88. The Morgan fingerprint density at radius 1 is 1.28 bits per heavy atom. The topological polar surface area (TPSA) is 106 Å². The number of likely N-dealkylation sites (tertiary alicyclic amines) is 1. The van der Waals surface area contributed by atoms with Crippen LogP contribution in [-0.4, -0.2) is 61.4 Å². The molecule has 0 spiro atoms. The molecule has 12 heteroatoms. The van der Waals surface area contributed by atoms with Crippen molar-refractivity contribution in [3.63, 3.8) is 0 Å². The van der Waals surface area contributed by atoms with E-state index in [1.54, 1.807) is 15.5 Å². The number of carbonyl (C=O) groups is 1. The van der Waals surface area contributed by atoms with Gasteiger partial charge in [-0.15, -0.1) is 0 Å². The third-order valence-corrected chi connectivity index (χ3v) is 6.93. The summed E-state index contributed by atoms with van der Waals surface area (Å²) >= 11 is 0. The van der Waals surface area contributed by atoms with Gasteiger partial charge in [0.05, 0.1) is 16.9 Å². The Labute approximate surface area is 185 Å². The van der Waals surface area contributed by atoms with E-state index in [1.165, 1.54) is 0 Å². The van der Waals surface area contributed by atoms with E-state index in [1.807, 2.05) is 0 Å². The lowest BCUT2D eigenvalue weighted by molar-refractivity contribution is -0.132. The van der Waals surface area contributed by atoms with Crippen LogP contribution in [-0.2, 0) is 22.2 Å². The van der Waals surface area contributed by atoms with Crippen molar-refractivity contribution in [3.8, 4) is 0 Å². The molecule has 3 atom stereocenters. The summed E-state index contributed by atoms with van der Waals surface area (Å²) in [4.78, 5) is 18.9. The first kappa shape index (κ1) is 22.9. The van der Waals surface area contributed by atoms with Gasteiger partial charge in [0.15, 0.2) is 17.5 Å². The predicted molar refractivity (Wildman–Crippen MR) is 109 cm³/mol.